The van der Waals surface area contributed by atoms with Crippen molar-refractivity contribution in [2.24, 2.45) is 10.4 Å². The van der Waals surface area contributed by atoms with Gasteiger partial charge in [-0.3, -0.25) is 4.99 Å². The first kappa shape index (κ1) is 13.0. The fraction of sp³-hybridized carbons (Fsp3) is 0.533. The Morgan fingerprint density at radius 2 is 1.62 bits per heavy atom. The third-order valence-electron chi connectivity index (χ3n) is 2.31. The lowest BCUT2D eigenvalue weighted by molar-refractivity contribution is 0.590. The van der Waals surface area contributed by atoms with Crippen LogP contribution < -0.4 is 0 Å². The van der Waals surface area contributed by atoms with Gasteiger partial charge in [-0.1, -0.05) is 53.7 Å². The molecule has 1 nitrogen and oxygen atoms in total. The second kappa shape index (κ2) is 4.40. The van der Waals surface area contributed by atoms with Gasteiger partial charge in [0.2, 0.25) is 0 Å². The Kier molecular flexibility index (Phi) is 3.57. The zero-order valence-corrected chi connectivity index (χ0v) is 11.3. The number of hydrogen-bond donors (Lipinski definition) is 0. The third kappa shape index (κ3) is 4.18. The summed E-state index contributed by atoms with van der Waals surface area (Å²) in [4.78, 5) is 4.53. The van der Waals surface area contributed by atoms with E-state index in [0.29, 0.717) is 0 Å². The van der Waals surface area contributed by atoms with Crippen molar-refractivity contribution in [1.82, 2.24) is 0 Å². The van der Waals surface area contributed by atoms with Gasteiger partial charge < -0.3 is 0 Å². The van der Waals surface area contributed by atoms with Gasteiger partial charge in [-0.2, -0.15) is 0 Å². The van der Waals surface area contributed by atoms with E-state index in [1.165, 1.54) is 5.56 Å². The van der Waals surface area contributed by atoms with Crippen LogP contribution in [0, 0.1) is 5.41 Å². The molecule has 0 saturated heterocycles. The number of benzene rings is 1. The summed E-state index contributed by atoms with van der Waals surface area (Å²) in [5, 5.41) is 0. The fourth-order valence-electron chi connectivity index (χ4n) is 1.32. The molecular formula is C15H23N. The highest BCUT2D eigenvalue weighted by molar-refractivity contribution is 5.68. The van der Waals surface area contributed by atoms with Crippen LogP contribution in [0.25, 0.3) is 0 Å². The van der Waals surface area contributed by atoms with Gasteiger partial charge in [0.25, 0.3) is 0 Å². The van der Waals surface area contributed by atoms with Crippen molar-refractivity contribution in [1.29, 1.82) is 0 Å². The van der Waals surface area contributed by atoms with Gasteiger partial charge in [0.1, 0.15) is 0 Å². The van der Waals surface area contributed by atoms with Crippen molar-refractivity contribution in [2.45, 2.75) is 47.0 Å². The Morgan fingerprint density at radius 3 is 2.12 bits per heavy atom. The average molecular weight is 217 g/mol. The summed E-state index contributed by atoms with van der Waals surface area (Å²) >= 11 is 0. The molecule has 0 aromatic heterocycles. The van der Waals surface area contributed by atoms with Gasteiger partial charge in [-0.05, 0) is 28.5 Å². The maximum atomic E-state index is 4.53. The number of hydrogen-bond acceptors (Lipinski definition) is 1. The summed E-state index contributed by atoms with van der Waals surface area (Å²) in [5.74, 6) is 0. The third-order valence-corrected chi connectivity index (χ3v) is 2.31. The molecule has 0 aliphatic rings. The van der Waals surface area contributed by atoms with E-state index in [4.69, 9.17) is 0 Å². The van der Waals surface area contributed by atoms with Crippen molar-refractivity contribution in [3.63, 3.8) is 0 Å². The lowest BCUT2D eigenvalue weighted by Gasteiger charge is -2.19. The minimum Gasteiger partial charge on any atom is -0.261 e. The monoisotopic (exact) mass is 217 g/mol. The van der Waals surface area contributed by atoms with Crippen LogP contribution in [0.4, 0.5) is 5.69 Å². The molecule has 1 aromatic rings. The highest BCUT2D eigenvalue weighted by atomic mass is 14.7. The lowest BCUT2D eigenvalue weighted by atomic mass is 9.87. The van der Waals surface area contributed by atoms with Crippen LogP contribution in [0.1, 0.15) is 47.1 Å². The van der Waals surface area contributed by atoms with Crippen LogP contribution in [0.15, 0.2) is 29.3 Å². The van der Waals surface area contributed by atoms with Gasteiger partial charge in [0, 0.05) is 6.21 Å². The maximum Gasteiger partial charge on any atom is 0.0628 e. The molecule has 0 radical (unpaired) electrons. The van der Waals surface area contributed by atoms with Crippen molar-refractivity contribution in [2.75, 3.05) is 0 Å². The molecule has 1 rings (SSSR count). The molecular weight excluding hydrogens is 194 g/mol. The minimum absolute atomic E-state index is 0.137. The number of rotatable bonds is 1. The van der Waals surface area contributed by atoms with Crippen LogP contribution in [0.5, 0.6) is 0 Å². The second-order valence-electron chi connectivity index (χ2n) is 6.42. The summed E-state index contributed by atoms with van der Waals surface area (Å²) in [6, 6.07) is 8.46. The summed E-state index contributed by atoms with van der Waals surface area (Å²) in [6.45, 7) is 13.1. The zero-order valence-electron chi connectivity index (χ0n) is 11.3. The molecule has 0 amide bonds. The van der Waals surface area contributed by atoms with E-state index in [2.05, 4.69) is 70.8 Å². The Labute approximate surface area is 99.6 Å². The molecule has 1 aromatic carbocycles. The molecule has 0 aliphatic carbocycles. The largest absolute Gasteiger partial charge is 0.261 e. The molecule has 0 fully saturated rings. The molecule has 0 saturated carbocycles. The predicted molar refractivity (Wildman–Crippen MR) is 72.7 cm³/mol. The Hall–Kier alpha value is -1.11. The van der Waals surface area contributed by atoms with Crippen molar-refractivity contribution in [3.05, 3.63) is 29.8 Å². The van der Waals surface area contributed by atoms with E-state index in [1.807, 2.05) is 6.21 Å². The lowest BCUT2D eigenvalue weighted by Crippen LogP contribution is -2.10. The highest BCUT2D eigenvalue weighted by Gasteiger charge is 2.13. The molecule has 0 N–H and O–H groups in total. The molecule has 0 atom stereocenters. The normalized spacial score (nSPS) is 13.4. The summed E-state index contributed by atoms with van der Waals surface area (Å²) in [6.07, 6.45) is 2.01. The van der Waals surface area contributed by atoms with Gasteiger partial charge in [-0.25, -0.2) is 0 Å². The molecule has 0 aliphatic heterocycles. The summed E-state index contributed by atoms with van der Waals surface area (Å²) in [7, 11) is 0. The second-order valence-corrected chi connectivity index (χ2v) is 6.42. The van der Waals surface area contributed by atoms with Gasteiger partial charge in [0.15, 0.2) is 0 Å². The van der Waals surface area contributed by atoms with Gasteiger partial charge in [0.05, 0.1) is 5.69 Å². The first-order chi connectivity index (χ1) is 7.18. The molecule has 0 heterocycles. The van der Waals surface area contributed by atoms with Crippen molar-refractivity contribution in [3.8, 4) is 0 Å². The predicted octanol–water partition coefficient (Wildman–Crippen LogP) is 4.73. The first-order valence-electron chi connectivity index (χ1n) is 5.84. The van der Waals surface area contributed by atoms with Crippen LogP contribution in [-0.2, 0) is 5.41 Å². The SMILES string of the molecule is CC(C)(C)C=Nc1cccc(C(C)(C)C)c1. The number of nitrogens with zero attached hydrogens (tertiary/aromatic N) is 1. The van der Waals surface area contributed by atoms with E-state index in [1.54, 1.807) is 0 Å². The van der Waals surface area contributed by atoms with Gasteiger partial charge in [-0.15, -0.1) is 0 Å². The van der Waals surface area contributed by atoms with E-state index in [-0.39, 0.29) is 10.8 Å². The van der Waals surface area contributed by atoms with Crippen LogP contribution in [0.3, 0.4) is 0 Å². The molecule has 88 valence electrons. The summed E-state index contributed by atoms with van der Waals surface area (Å²) < 4.78 is 0. The molecule has 0 spiro atoms. The quantitative estimate of drug-likeness (QED) is 0.603. The highest BCUT2D eigenvalue weighted by Crippen LogP contribution is 2.26. The zero-order chi connectivity index (χ0) is 12.4. The summed E-state index contributed by atoms with van der Waals surface area (Å²) in [5.41, 5.74) is 2.70. The van der Waals surface area contributed by atoms with E-state index < -0.39 is 0 Å². The van der Waals surface area contributed by atoms with Crippen molar-refractivity contribution >= 4 is 11.9 Å². The van der Waals surface area contributed by atoms with Crippen molar-refractivity contribution < 1.29 is 0 Å². The Bertz CT molecular complexity index is 375. The van der Waals surface area contributed by atoms with E-state index >= 15 is 0 Å². The average Bonchev–Trinajstić information content (AvgIpc) is 2.13. The Balaban J connectivity index is 2.96. The molecule has 0 unspecified atom stereocenters. The molecule has 16 heavy (non-hydrogen) atoms. The Morgan fingerprint density at radius 1 is 1.00 bits per heavy atom. The fourth-order valence-corrected chi connectivity index (χ4v) is 1.32. The first-order valence-corrected chi connectivity index (χ1v) is 5.84. The van der Waals surface area contributed by atoms with Gasteiger partial charge >= 0.3 is 0 Å². The molecule has 1 heteroatoms. The van der Waals surface area contributed by atoms with Crippen LogP contribution in [0.2, 0.25) is 0 Å². The minimum atomic E-state index is 0.137. The molecule has 0 bridgehead atoms. The smallest absolute Gasteiger partial charge is 0.0628 e. The van der Waals surface area contributed by atoms with Crippen LogP contribution >= 0.6 is 0 Å². The van der Waals surface area contributed by atoms with E-state index in [9.17, 15) is 0 Å². The van der Waals surface area contributed by atoms with E-state index in [0.717, 1.165) is 5.69 Å². The maximum absolute atomic E-state index is 4.53. The van der Waals surface area contributed by atoms with Crippen LogP contribution in [-0.4, -0.2) is 6.21 Å². The standard InChI is InChI=1S/C15H23N/c1-14(2,3)11-16-13-9-7-8-12(10-13)15(4,5)6/h7-11H,1-6H3. The number of aliphatic imine (C=N–C) groups is 1. The topological polar surface area (TPSA) is 12.4 Å².